The van der Waals surface area contributed by atoms with Gasteiger partial charge in [0.2, 0.25) is 0 Å². The zero-order valence-corrected chi connectivity index (χ0v) is 27.2. The molecule has 1 aliphatic rings. The second-order valence-corrected chi connectivity index (χ2v) is 13.1. The SMILES string of the molecule is CC(C)(CN1CCCCCC(F)(F)c2ccccc2-c2nc(ccc2-c2cccc(OCC(F)(F)F)c2)NSc2cccc1n2)C(=O)O. The molecule has 0 amide bonds. The van der Waals surface area contributed by atoms with Gasteiger partial charge in [-0.05, 0) is 68.7 Å². The van der Waals surface area contributed by atoms with Gasteiger partial charge in [0.15, 0.2) is 6.61 Å². The van der Waals surface area contributed by atoms with Gasteiger partial charge in [-0.1, -0.05) is 48.9 Å². The van der Waals surface area contributed by atoms with Crippen LogP contribution in [0.25, 0.3) is 22.4 Å². The van der Waals surface area contributed by atoms with Gasteiger partial charge in [-0.25, -0.2) is 18.7 Å². The topological polar surface area (TPSA) is 87.6 Å². The number of alkyl halides is 5. The van der Waals surface area contributed by atoms with Gasteiger partial charge < -0.3 is 19.5 Å². The molecule has 48 heavy (non-hydrogen) atoms. The first kappa shape index (κ1) is 34.9. The van der Waals surface area contributed by atoms with E-state index < -0.39 is 36.5 Å². The molecule has 254 valence electrons. The van der Waals surface area contributed by atoms with E-state index in [-0.39, 0.29) is 35.5 Å². The number of carboxylic acid groups (broad SMARTS) is 1. The number of pyridine rings is 2. The summed E-state index contributed by atoms with van der Waals surface area (Å²) in [6.45, 7) is 2.41. The number of hydrogen-bond acceptors (Lipinski definition) is 7. The van der Waals surface area contributed by atoms with E-state index in [9.17, 15) is 23.1 Å². The number of anilines is 2. The molecular formula is C35H35F5N4O3S. The number of rotatable bonds is 6. The fourth-order valence-corrected chi connectivity index (χ4v) is 6.01. The Kier molecular flexibility index (Phi) is 10.5. The molecule has 3 heterocycles. The zero-order chi connectivity index (χ0) is 34.5. The number of aliphatic carboxylic acids is 1. The third-order valence-electron chi connectivity index (χ3n) is 7.90. The Morgan fingerprint density at radius 3 is 2.50 bits per heavy atom. The molecule has 2 aromatic carbocycles. The van der Waals surface area contributed by atoms with Crippen LogP contribution in [0.15, 0.2) is 83.9 Å². The Labute approximate surface area is 279 Å². The van der Waals surface area contributed by atoms with Crippen molar-refractivity contribution < 1.29 is 36.6 Å². The molecule has 4 bridgehead atoms. The Morgan fingerprint density at radius 1 is 0.958 bits per heavy atom. The third kappa shape index (κ3) is 8.74. The average Bonchev–Trinajstić information content (AvgIpc) is 3.05. The van der Waals surface area contributed by atoms with Gasteiger partial charge in [0.05, 0.1) is 11.1 Å². The van der Waals surface area contributed by atoms with E-state index in [0.29, 0.717) is 47.2 Å². The maximum atomic E-state index is 16.0. The summed E-state index contributed by atoms with van der Waals surface area (Å²) in [5.41, 5.74) is -0.00298. The monoisotopic (exact) mass is 686 g/mol. The Bertz CT molecular complexity index is 1750. The first-order valence-electron chi connectivity index (χ1n) is 15.4. The summed E-state index contributed by atoms with van der Waals surface area (Å²) >= 11 is 1.15. The number of halogens is 5. The minimum atomic E-state index is -4.53. The van der Waals surface area contributed by atoms with Gasteiger partial charge in [0.1, 0.15) is 22.4 Å². The van der Waals surface area contributed by atoms with Crippen LogP contribution >= 0.6 is 11.9 Å². The molecule has 0 saturated carbocycles. The van der Waals surface area contributed by atoms with Gasteiger partial charge >= 0.3 is 12.1 Å². The number of ether oxygens (including phenoxy) is 1. The predicted octanol–water partition coefficient (Wildman–Crippen LogP) is 9.45. The Balaban J connectivity index is 1.57. The normalized spacial score (nSPS) is 15.5. The molecule has 0 atom stereocenters. The van der Waals surface area contributed by atoms with Crippen molar-refractivity contribution in [2.45, 2.75) is 56.7 Å². The summed E-state index contributed by atoms with van der Waals surface area (Å²) in [5.74, 6) is -3.30. The number of nitrogens with one attached hydrogen (secondary N) is 1. The van der Waals surface area contributed by atoms with Crippen molar-refractivity contribution in [3.63, 3.8) is 0 Å². The van der Waals surface area contributed by atoms with Crippen molar-refractivity contribution in [2.24, 2.45) is 5.41 Å². The highest BCUT2D eigenvalue weighted by atomic mass is 32.2. The third-order valence-corrected chi connectivity index (χ3v) is 8.64. The van der Waals surface area contributed by atoms with E-state index in [2.05, 4.69) is 4.72 Å². The minimum absolute atomic E-state index is 0.0237. The molecule has 1 aliphatic heterocycles. The van der Waals surface area contributed by atoms with Crippen molar-refractivity contribution in [1.29, 1.82) is 0 Å². The maximum Gasteiger partial charge on any atom is 0.422 e. The lowest BCUT2D eigenvalue weighted by atomic mass is 9.91. The highest BCUT2D eigenvalue weighted by Crippen LogP contribution is 2.43. The molecule has 4 aromatic rings. The molecule has 7 nitrogen and oxygen atoms in total. The van der Waals surface area contributed by atoms with E-state index in [1.807, 2.05) is 11.0 Å². The second kappa shape index (κ2) is 14.4. The van der Waals surface area contributed by atoms with Crippen LogP contribution in [0.2, 0.25) is 0 Å². The predicted molar refractivity (Wildman–Crippen MR) is 176 cm³/mol. The van der Waals surface area contributed by atoms with Crippen molar-refractivity contribution >= 4 is 29.6 Å². The summed E-state index contributed by atoms with van der Waals surface area (Å²) in [6, 6.07) is 20.9. The van der Waals surface area contributed by atoms with Gasteiger partial charge in [-0.2, -0.15) is 13.2 Å². The summed E-state index contributed by atoms with van der Waals surface area (Å²) in [5, 5.41) is 10.3. The lowest BCUT2D eigenvalue weighted by Crippen LogP contribution is -2.40. The number of benzene rings is 2. The van der Waals surface area contributed by atoms with Crippen LogP contribution in [-0.2, 0) is 10.7 Å². The molecule has 0 saturated heterocycles. The van der Waals surface area contributed by atoms with E-state index >= 15 is 8.78 Å². The first-order valence-corrected chi connectivity index (χ1v) is 16.2. The van der Waals surface area contributed by atoms with Crippen molar-refractivity contribution in [3.8, 4) is 28.1 Å². The molecule has 0 radical (unpaired) electrons. The van der Waals surface area contributed by atoms with Crippen molar-refractivity contribution in [3.05, 3.63) is 84.4 Å². The van der Waals surface area contributed by atoms with E-state index in [0.717, 1.165) is 11.9 Å². The Morgan fingerprint density at radius 2 is 1.73 bits per heavy atom. The van der Waals surface area contributed by atoms with Gasteiger partial charge in [-0.3, -0.25) is 4.79 Å². The number of nitrogens with zero attached hydrogens (tertiary/aromatic N) is 3. The largest absolute Gasteiger partial charge is 0.484 e. The molecule has 5 rings (SSSR count). The van der Waals surface area contributed by atoms with Crippen LogP contribution in [-0.4, -0.2) is 46.9 Å². The average molecular weight is 687 g/mol. The maximum absolute atomic E-state index is 16.0. The van der Waals surface area contributed by atoms with Crippen LogP contribution in [0.3, 0.4) is 0 Å². The van der Waals surface area contributed by atoms with E-state index in [1.165, 1.54) is 24.3 Å². The number of carbonyl (C=O) groups is 1. The quantitative estimate of drug-likeness (QED) is 0.153. The highest BCUT2D eigenvalue weighted by molar-refractivity contribution is 8.00. The smallest absolute Gasteiger partial charge is 0.422 e. The Hall–Kier alpha value is -4.39. The van der Waals surface area contributed by atoms with Gasteiger partial charge in [0.25, 0.3) is 5.92 Å². The van der Waals surface area contributed by atoms with Gasteiger partial charge in [0, 0.05) is 48.1 Å². The summed E-state index contributed by atoms with van der Waals surface area (Å²) < 4.78 is 78.7. The van der Waals surface area contributed by atoms with Crippen LogP contribution in [0, 0.1) is 5.41 Å². The molecule has 13 heteroatoms. The molecule has 0 aliphatic carbocycles. The van der Waals surface area contributed by atoms with Crippen LogP contribution < -0.4 is 14.4 Å². The van der Waals surface area contributed by atoms with Crippen LogP contribution in [0.4, 0.5) is 33.6 Å². The summed E-state index contributed by atoms with van der Waals surface area (Å²) in [7, 11) is 0. The molecule has 0 unspecified atom stereocenters. The molecular weight excluding hydrogens is 651 g/mol. The number of aromatic nitrogens is 2. The number of hydrogen-bond donors (Lipinski definition) is 2. The minimum Gasteiger partial charge on any atom is -0.484 e. The molecule has 2 aromatic heterocycles. The van der Waals surface area contributed by atoms with Crippen molar-refractivity contribution in [1.82, 2.24) is 9.97 Å². The number of carboxylic acids is 1. The second-order valence-electron chi connectivity index (χ2n) is 12.2. The summed E-state index contributed by atoms with van der Waals surface area (Å²) in [6.07, 6.45) is -3.73. The van der Waals surface area contributed by atoms with E-state index in [4.69, 9.17) is 14.7 Å². The standard InChI is InChI=1S/C35H35F5N4O3S/c1-33(2,32(45)46)21-44-19-7-3-6-18-34(36,37)27-13-5-4-12-26(27)31-25(23-10-8-11-24(20-23)47-22-35(38,39)40)16-17-28(41-31)43-48-30-15-9-14-29(44)42-30/h4-5,8-17,20H,3,6-7,18-19,21-22H2,1-2H3,(H,41,43)(H,45,46). The first-order chi connectivity index (χ1) is 22.7. The highest BCUT2D eigenvalue weighted by Gasteiger charge is 2.35. The van der Waals surface area contributed by atoms with Gasteiger partial charge in [-0.15, -0.1) is 0 Å². The molecule has 0 fully saturated rings. The molecule has 0 spiro atoms. The fourth-order valence-electron chi connectivity index (χ4n) is 5.40. The molecule has 2 N–H and O–H groups in total. The summed E-state index contributed by atoms with van der Waals surface area (Å²) in [4.78, 5) is 23.3. The van der Waals surface area contributed by atoms with E-state index in [1.54, 1.807) is 62.4 Å². The van der Waals surface area contributed by atoms with Crippen LogP contribution in [0.1, 0.15) is 45.1 Å². The van der Waals surface area contributed by atoms with Crippen molar-refractivity contribution in [2.75, 3.05) is 29.3 Å². The lowest BCUT2D eigenvalue weighted by molar-refractivity contribution is -0.153. The lowest BCUT2D eigenvalue weighted by Gasteiger charge is -2.31. The van der Waals surface area contributed by atoms with Crippen LogP contribution in [0.5, 0.6) is 5.75 Å². The fraction of sp³-hybridized carbons (Fsp3) is 0.343. The zero-order valence-electron chi connectivity index (χ0n) is 26.4. The number of fused-ring (bicyclic) bond motifs is 6.